The molecule has 0 bridgehead atoms. The first-order chi connectivity index (χ1) is 9.52. The zero-order valence-corrected chi connectivity index (χ0v) is 13.6. The number of rotatable bonds is 7. The second kappa shape index (κ2) is 6.76. The van der Waals surface area contributed by atoms with Gasteiger partial charge in [-0.15, -0.1) is 11.8 Å². The van der Waals surface area contributed by atoms with Crippen molar-refractivity contribution in [3.8, 4) is 0 Å². The van der Waals surface area contributed by atoms with Gasteiger partial charge in [-0.3, -0.25) is 0 Å². The molecule has 2 atom stereocenters. The Bertz CT molecular complexity index is 461. The normalized spacial score (nSPS) is 17.9. The summed E-state index contributed by atoms with van der Waals surface area (Å²) in [5.74, 6) is 2.47. The fourth-order valence-electron chi connectivity index (χ4n) is 1.84. The molecule has 1 aromatic heterocycles. The van der Waals surface area contributed by atoms with Gasteiger partial charge in [0.15, 0.2) is 0 Å². The minimum Gasteiger partial charge on any atom is -0.392 e. The van der Waals surface area contributed by atoms with E-state index in [4.69, 9.17) is 4.98 Å². The van der Waals surface area contributed by atoms with Gasteiger partial charge in [-0.05, 0) is 33.1 Å². The summed E-state index contributed by atoms with van der Waals surface area (Å²) in [5.41, 5.74) is 1.10. The van der Waals surface area contributed by atoms with E-state index in [1.807, 2.05) is 13.8 Å². The summed E-state index contributed by atoms with van der Waals surface area (Å²) >= 11 is 1.64. The second-order valence-electron chi connectivity index (χ2n) is 5.63. The summed E-state index contributed by atoms with van der Waals surface area (Å²) in [4.78, 5) is 9.41. The number of thioether (sulfide) groups is 1. The first kappa shape index (κ1) is 15.6. The Morgan fingerprint density at radius 1 is 1.35 bits per heavy atom. The minimum absolute atomic E-state index is 0.134. The van der Waals surface area contributed by atoms with Gasteiger partial charge in [0.2, 0.25) is 0 Å². The lowest BCUT2D eigenvalue weighted by Crippen LogP contribution is -2.16. The standard InChI is InChI=1S/C15H25N3OS/c1-5-8-16-13-9(2)15(20-11(4)10(3)19)18-14(17-13)12-6-7-12/h10-12,19H,5-8H2,1-4H3,(H,16,17,18). The Kier molecular flexibility index (Phi) is 5.27. The maximum absolute atomic E-state index is 9.69. The highest BCUT2D eigenvalue weighted by atomic mass is 32.2. The van der Waals surface area contributed by atoms with Crippen LogP contribution < -0.4 is 5.32 Å². The monoisotopic (exact) mass is 295 g/mol. The molecule has 1 aliphatic rings. The Balaban J connectivity index is 2.25. The summed E-state index contributed by atoms with van der Waals surface area (Å²) in [6.07, 6.45) is 3.14. The van der Waals surface area contributed by atoms with Crippen LogP contribution in [0.1, 0.15) is 57.3 Å². The Morgan fingerprint density at radius 3 is 2.60 bits per heavy atom. The van der Waals surface area contributed by atoms with Crippen LogP contribution in [0.3, 0.4) is 0 Å². The van der Waals surface area contributed by atoms with Crippen LogP contribution in [0.25, 0.3) is 0 Å². The molecule has 1 aromatic rings. The summed E-state index contributed by atoms with van der Waals surface area (Å²) in [6.45, 7) is 9.00. The molecule has 5 heteroatoms. The molecular formula is C15H25N3OS. The molecule has 0 amide bonds. The van der Waals surface area contributed by atoms with Crippen LogP contribution in [0, 0.1) is 6.92 Å². The van der Waals surface area contributed by atoms with Gasteiger partial charge in [0.25, 0.3) is 0 Å². The number of anilines is 1. The molecule has 1 heterocycles. The van der Waals surface area contributed by atoms with Gasteiger partial charge in [-0.1, -0.05) is 13.8 Å². The number of aliphatic hydroxyl groups excluding tert-OH is 1. The number of aliphatic hydroxyl groups is 1. The largest absolute Gasteiger partial charge is 0.392 e. The number of nitrogens with zero attached hydrogens (tertiary/aromatic N) is 2. The van der Waals surface area contributed by atoms with Crippen LogP contribution in [0.4, 0.5) is 5.82 Å². The lowest BCUT2D eigenvalue weighted by molar-refractivity contribution is 0.196. The molecule has 20 heavy (non-hydrogen) atoms. The van der Waals surface area contributed by atoms with Crippen LogP contribution in [-0.4, -0.2) is 33.0 Å². The smallest absolute Gasteiger partial charge is 0.135 e. The van der Waals surface area contributed by atoms with Crippen molar-refractivity contribution in [2.75, 3.05) is 11.9 Å². The molecule has 1 fully saturated rings. The van der Waals surface area contributed by atoms with E-state index in [-0.39, 0.29) is 11.4 Å². The zero-order chi connectivity index (χ0) is 14.7. The number of hydrogen-bond donors (Lipinski definition) is 2. The first-order valence-corrected chi connectivity index (χ1v) is 8.38. The van der Waals surface area contributed by atoms with Crippen molar-refractivity contribution in [3.05, 3.63) is 11.4 Å². The highest BCUT2D eigenvalue weighted by Crippen LogP contribution is 2.40. The summed E-state index contributed by atoms with van der Waals surface area (Å²) < 4.78 is 0. The topological polar surface area (TPSA) is 58.0 Å². The Morgan fingerprint density at radius 2 is 2.05 bits per heavy atom. The lowest BCUT2D eigenvalue weighted by Gasteiger charge is -2.17. The quantitative estimate of drug-likeness (QED) is 0.597. The summed E-state index contributed by atoms with van der Waals surface area (Å²) in [5, 5.41) is 14.2. The van der Waals surface area contributed by atoms with Gasteiger partial charge >= 0.3 is 0 Å². The Hall–Kier alpha value is -0.810. The van der Waals surface area contributed by atoms with Gasteiger partial charge in [-0.25, -0.2) is 9.97 Å². The van der Waals surface area contributed by atoms with Crippen LogP contribution in [0.15, 0.2) is 5.03 Å². The molecule has 0 radical (unpaired) electrons. The molecular weight excluding hydrogens is 270 g/mol. The molecule has 2 rings (SSSR count). The van der Waals surface area contributed by atoms with Crippen LogP contribution >= 0.6 is 11.8 Å². The van der Waals surface area contributed by atoms with Gasteiger partial charge in [-0.2, -0.15) is 0 Å². The summed E-state index contributed by atoms with van der Waals surface area (Å²) in [6, 6.07) is 0. The summed E-state index contributed by atoms with van der Waals surface area (Å²) in [7, 11) is 0. The maximum atomic E-state index is 9.69. The fourth-order valence-corrected chi connectivity index (χ4v) is 2.81. The van der Waals surface area contributed by atoms with Crippen LogP contribution in [0.2, 0.25) is 0 Å². The highest BCUT2D eigenvalue weighted by molar-refractivity contribution is 7.99. The van der Waals surface area contributed by atoms with Gasteiger partial charge in [0, 0.05) is 23.3 Å². The molecule has 2 N–H and O–H groups in total. The van der Waals surface area contributed by atoms with Crippen molar-refractivity contribution in [2.45, 2.75) is 69.3 Å². The van der Waals surface area contributed by atoms with E-state index in [0.717, 1.165) is 35.2 Å². The predicted octanol–water partition coefficient (Wildman–Crippen LogP) is 3.35. The van der Waals surface area contributed by atoms with Crippen molar-refractivity contribution in [2.24, 2.45) is 0 Å². The first-order valence-electron chi connectivity index (χ1n) is 7.50. The van der Waals surface area contributed by atoms with Crippen LogP contribution in [-0.2, 0) is 0 Å². The lowest BCUT2D eigenvalue weighted by atomic mass is 10.3. The van der Waals surface area contributed by atoms with Crippen molar-refractivity contribution in [3.63, 3.8) is 0 Å². The fraction of sp³-hybridized carbons (Fsp3) is 0.733. The van der Waals surface area contributed by atoms with Crippen molar-refractivity contribution in [1.82, 2.24) is 9.97 Å². The van der Waals surface area contributed by atoms with Crippen molar-refractivity contribution < 1.29 is 5.11 Å². The zero-order valence-electron chi connectivity index (χ0n) is 12.8. The molecule has 0 spiro atoms. The number of hydrogen-bond acceptors (Lipinski definition) is 5. The molecule has 1 aliphatic carbocycles. The third kappa shape index (κ3) is 3.85. The predicted molar refractivity (Wildman–Crippen MR) is 84.5 cm³/mol. The van der Waals surface area contributed by atoms with Gasteiger partial charge < -0.3 is 10.4 Å². The molecule has 1 saturated carbocycles. The number of aromatic nitrogens is 2. The maximum Gasteiger partial charge on any atom is 0.135 e. The average Bonchev–Trinajstić information content (AvgIpc) is 3.23. The second-order valence-corrected chi connectivity index (χ2v) is 6.99. The minimum atomic E-state index is -0.342. The average molecular weight is 295 g/mol. The molecule has 0 aliphatic heterocycles. The molecule has 2 unspecified atom stereocenters. The third-order valence-corrected chi connectivity index (χ3v) is 4.97. The highest BCUT2D eigenvalue weighted by Gasteiger charge is 2.28. The van der Waals surface area contributed by atoms with E-state index in [2.05, 4.69) is 24.1 Å². The van der Waals surface area contributed by atoms with Crippen molar-refractivity contribution in [1.29, 1.82) is 0 Å². The molecule has 0 aromatic carbocycles. The van der Waals surface area contributed by atoms with E-state index in [1.54, 1.807) is 11.8 Å². The van der Waals surface area contributed by atoms with Crippen LogP contribution in [0.5, 0.6) is 0 Å². The SMILES string of the molecule is CCCNc1nc(C2CC2)nc(SC(C)C(C)O)c1C. The number of nitrogens with one attached hydrogen (secondary N) is 1. The van der Waals surface area contributed by atoms with E-state index >= 15 is 0 Å². The van der Waals surface area contributed by atoms with E-state index in [0.29, 0.717) is 5.92 Å². The van der Waals surface area contributed by atoms with E-state index in [9.17, 15) is 5.11 Å². The van der Waals surface area contributed by atoms with E-state index < -0.39 is 0 Å². The van der Waals surface area contributed by atoms with Gasteiger partial charge in [0.1, 0.15) is 16.7 Å². The molecule has 0 saturated heterocycles. The third-order valence-electron chi connectivity index (χ3n) is 3.58. The molecule has 4 nitrogen and oxygen atoms in total. The van der Waals surface area contributed by atoms with E-state index in [1.165, 1.54) is 12.8 Å². The van der Waals surface area contributed by atoms with Gasteiger partial charge in [0.05, 0.1) is 6.10 Å². The molecule has 112 valence electrons. The van der Waals surface area contributed by atoms with Crippen molar-refractivity contribution >= 4 is 17.6 Å². The Labute approximate surface area is 125 Å².